The highest BCUT2D eigenvalue weighted by Crippen LogP contribution is 2.44. The lowest BCUT2D eigenvalue weighted by molar-refractivity contribution is 0.240. The minimum absolute atomic E-state index is 0.104. The first-order chi connectivity index (χ1) is 11.3. The van der Waals surface area contributed by atoms with Gasteiger partial charge in [0.05, 0.1) is 7.11 Å². The number of hydrogen-bond donors (Lipinski definition) is 2. The Morgan fingerprint density at radius 2 is 2.26 bits per heavy atom. The molecule has 2 unspecified atom stereocenters. The third-order valence-electron chi connectivity index (χ3n) is 4.05. The fourth-order valence-corrected chi connectivity index (χ4v) is 2.77. The van der Waals surface area contributed by atoms with E-state index in [-0.39, 0.29) is 12.1 Å². The summed E-state index contributed by atoms with van der Waals surface area (Å²) in [6, 6.07) is 9.96. The van der Waals surface area contributed by atoms with E-state index in [2.05, 4.69) is 21.8 Å². The standard InChI is InChI=1S/C17H22N4O2/c1-23-16-7-3-2-6-13(16)14-12-15(14)20-17(22)18-8-4-10-21-11-5-9-19-21/h2-3,5-7,9,11,14-15H,4,8,10,12H2,1H3,(H2,18,20,22). The Morgan fingerprint density at radius 3 is 3.04 bits per heavy atom. The van der Waals surface area contributed by atoms with Crippen molar-refractivity contribution >= 4 is 6.03 Å². The maximum atomic E-state index is 11.9. The molecule has 1 aromatic carbocycles. The number of carbonyl (C=O) groups is 1. The normalized spacial score (nSPS) is 19.2. The van der Waals surface area contributed by atoms with Crippen LogP contribution in [0.2, 0.25) is 0 Å². The van der Waals surface area contributed by atoms with E-state index in [1.165, 1.54) is 5.56 Å². The number of aromatic nitrogens is 2. The summed E-state index contributed by atoms with van der Waals surface area (Å²) in [7, 11) is 1.68. The number of amides is 2. The molecule has 122 valence electrons. The van der Waals surface area contributed by atoms with E-state index >= 15 is 0 Å². The lowest BCUT2D eigenvalue weighted by Gasteiger charge is -2.09. The van der Waals surface area contributed by atoms with Crippen molar-refractivity contribution in [1.82, 2.24) is 20.4 Å². The molecule has 2 amide bonds. The molecule has 23 heavy (non-hydrogen) atoms. The van der Waals surface area contributed by atoms with Crippen molar-refractivity contribution in [2.75, 3.05) is 13.7 Å². The second kappa shape index (κ2) is 7.17. The summed E-state index contributed by atoms with van der Waals surface area (Å²) < 4.78 is 7.24. The number of urea groups is 1. The number of methoxy groups -OCH3 is 1. The molecule has 0 aliphatic heterocycles. The van der Waals surface area contributed by atoms with E-state index in [9.17, 15) is 4.79 Å². The number of benzene rings is 1. The molecule has 1 aromatic heterocycles. The zero-order valence-corrected chi connectivity index (χ0v) is 13.2. The predicted octanol–water partition coefficient (Wildman–Crippen LogP) is 2.14. The van der Waals surface area contributed by atoms with Crippen molar-refractivity contribution in [1.29, 1.82) is 0 Å². The molecule has 0 saturated heterocycles. The maximum absolute atomic E-state index is 11.9. The Morgan fingerprint density at radius 1 is 1.39 bits per heavy atom. The van der Waals surface area contributed by atoms with Gasteiger partial charge in [0.15, 0.2) is 0 Å². The average Bonchev–Trinajstić information content (AvgIpc) is 3.12. The Bertz CT molecular complexity index is 642. The number of para-hydroxylation sites is 1. The van der Waals surface area contributed by atoms with Crippen molar-refractivity contribution in [3.63, 3.8) is 0 Å². The van der Waals surface area contributed by atoms with Gasteiger partial charge in [-0.15, -0.1) is 0 Å². The van der Waals surface area contributed by atoms with Crippen LogP contribution in [0.5, 0.6) is 5.75 Å². The molecule has 6 heteroatoms. The van der Waals surface area contributed by atoms with Crippen molar-refractivity contribution in [2.45, 2.75) is 31.3 Å². The van der Waals surface area contributed by atoms with E-state index in [1.54, 1.807) is 13.3 Å². The quantitative estimate of drug-likeness (QED) is 0.769. The molecule has 3 rings (SSSR count). The van der Waals surface area contributed by atoms with Crippen LogP contribution < -0.4 is 15.4 Å². The Hall–Kier alpha value is -2.50. The molecule has 0 bridgehead atoms. The van der Waals surface area contributed by atoms with Crippen LogP contribution in [0.3, 0.4) is 0 Å². The highest BCUT2D eigenvalue weighted by molar-refractivity contribution is 5.75. The molecule has 0 spiro atoms. The SMILES string of the molecule is COc1ccccc1C1CC1NC(=O)NCCCn1cccn1. The van der Waals surface area contributed by atoms with Gasteiger partial charge >= 0.3 is 6.03 Å². The second-order valence-corrected chi connectivity index (χ2v) is 5.71. The van der Waals surface area contributed by atoms with E-state index < -0.39 is 0 Å². The Kier molecular flexibility index (Phi) is 4.80. The van der Waals surface area contributed by atoms with Crippen LogP contribution in [0.25, 0.3) is 0 Å². The number of aryl methyl sites for hydroxylation is 1. The third kappa shape index (κ3) is 4.03. The van der Waals surface area contributed by atoms with Gasteiger partial charge in [-0.2, -0.15) is 5.10 Å². The first-order valence-corrected chi connectivity index (χ1v) is 7.92. The summed E-state index contributed by atoms with van der Waals surface area (Å²) in [4.78, 5) is 11.9. The molecule has 2 N–H and O–H groups in total. The maximum Gasteiger partial charge on any atom is 0.315 e. The molecular weight excluding hydrogens is 292 g/mol. The molecule has 1 saturated carbocycles. The predicted molar refractivity (Wildman–Crippen MR) is 87.5 cm³/mol. The highest BCUT2D eigenvalue weighted by Gasteiger charge is 2.41. The van der Waals surface area contributed by atoms with Gasteiger partial charge in [0, 0.05) is 37.4 Å². The number of hydrogen-bond acceptors (Lipinski definition) is 3. The first kappa shape index (κ1) is 15.4. The fourth-order valence-electron chi connectivity index (χ4n) is 2.77. The molecular formula is C17H22N4O2. The number of carbonyl (C=O) groups excluding carboxylic acids is 1. The molecule has 1 heterocycles. The van der Waals surface area contributed by atoms with Crippen LogP contribution in [0, 0.1) is 0 Å². The van der Waals surface area contributed by atoms with Crippen molar-refractivity contribution in [3.8, 4) is 5.75 Å². The first-order valence-electron chi connectivity index (χ1n) is 7.92. The Labute approximate surface area is 135 Å². The average molecular weight is 314 g/mol. The number of rotatable bonds is 7. The molecule has 2 aromatic rings. The molecule has 1 fully saturated rings. The molecule has 6 nitrogen and oxygen atoms in total. The molecule has 0 radical (unpaired) electrons. The molecule has 1 aliphatic rings. The van der Waals surface area contributed by atoms with Crippen LogP contribution in [-0.4, -0.2) is 35.5 Å². The number of nitrogens with zero attached hydrogens (tertiary/aromatic N) is 2. The summed E-state index contributed by atoms with van der Waals surface area (Å²) in [5.41, 5.74) is 1.17. The van der Waals surface area contributed by atoms with E-state index in [0.717, 1.165) is 25.1 Å². The van der Waals surface area contributed by atoms with Gasteiger partial charge in [0.1, 0.15) is 5.75 Å². The zero-order chi connectivity index (χ0) is 16.1. The van der Waals surface area contributed by atoms with Gasteiger partial charge < -0.3 is 15.4 Å². The van der Waals surface area contributed by atoms with Crippen LogP contribution in [0.1, 0.15) is 24.3 Å². The topological polar surface area (TPSA) is 68.2 Å². The van der Waals surface area contributed by atoms with Gasteiger partial charge in [-0.1, -0.05) is 18.2 Å². The van der Waals surface area contributed by atoms with Gasteiger partial charge in [-0.05, 0) is 30.5 Å². The van der Waals surface area contributed by atoms with E-state index in [0.29, 0.717) is 12.5 Å². The van der Waals surface area contributed by atoms with Crippen LogP contribution in [0.4, 0.5) is 4.79 Å². The molecule has 1 aliphatic carbocycles. The smallest absolute Gasteiger partial charge is 0.315 e. The lowest BCUT2D eigenvalue weighted by Crippen LogP contribution is -2.38. The van der Waals surface area contributed by atoms with Crippen molar-refractivity contribution < 1.29 is 9.53 Å². The fraction of sp³-hybridized carbons (Fsp3) is 0.412. The van der Waals surface area contributed by atoms with Crippen LogP contribution in [-0.2, 0) is 6.54 Å². The lowest BCUT2D eigenvalue weighted by atomic mass is 10.1. The molecule has 2 atom stereocenters. The highest BCUT2D eigenvalue weighted by atomic mass is 16.5. The van der Waals surface area contributed by atoms with Crippen molar-refractivity contribution in [3.05, 3.63) is 48.3 Å². The number of ether oxygens (including phenoxy) is 1. The summed E-state index contributed by atoms with van der Waals surface area (Å²) in [5, 5.41) is 10.0. The monoisotopic (exact) mass is 314 g/mol. The number of nitrogens with one attached hydrogen (secondary N) is 2. The van der Waals surface area contributed by atoms with Crippen LogP contribution >= 0.6 is 0 Å². The van der Waals surface area contributed by atoms with Gasteiger partial charge in [0.2, 0.25) is 0 Å². The van der Waals surface area contributed by atoms with E-state index in [1.807, 2.05) is 35.1 Å². The van der Waals surface area contributed by atoms with Gasteiger partial charge in [-0.3, -0.25) is 4.68 Å². The van der Waals surface area contributed by atoms with Crippen molar-refractivity contribution in [2.24, 2.45) is 0 Å². The van der Waals surface area contributed by atoms with Crippen LogP contribution in [0.15, 0.2) is 42.7 Å². The minimum Gasteiger partial charge on any atom is -0.496 e. The summed E-state index contributed by atoms with van der Waals surface area (Å²) in [6.45, 7) is 1.44. The zero-order valence-electron chi connectivity index (χ0n) is 13.2. The second-order valence-electron chi connectivity index (χ2n) is 5.71. The summed E-state index contributed by atoms with van der Waals surface area (Å²) in [5.74, 6) is 1.24. The minimum atomic E-state index is -0.104. The summed E-state index contributed by atoms with van der Waals surface area (Å²) in [6.07, 6.45) is 5.49. The largest absolute Gasteiger partial charge is 0.496 e. The third-order valence-corrected chi connectivity index (χ3v) is 4.05. The van der Waals surface area contributed by atoms with Gasteiger partial charge in [0.25, 0.3) is 0 Å². The van der Waals surface area contributed by atoms with E-state index in [4.69, 9.17) is 4.74 Å². The summed E-state index contributed by atoms with van der Waals surface area (Å²) >= 11 is 0. The van der Waals surface area contributed by atoms with Gasteiger partial charge in [-0.25, -0.2) is 4.79 Å². The Balaban J connectivity index is 1.38.